The molecule has 0 aromatic carbocycles. The summed E-state index contributed by atoms with van der Waals surface area (Å²) in [6.45, 7) is 1.74. The SMILES string of the molecule is C1CCC2OCCN=C2C1. The molecule has 2 heteroatoms. The zero-order chi connectivity index (χ0) is 6.81. The lowest BCUT2D eigenvalue weighted by molar-refractivity contribution is 0.0808. The average molecular weight is 139 g/mol. The van der Waals surface area contributed by atoms with Crippen molar-refractivity contribution in [2.45, 2.75) is 31.8 Å². The fourth-order valence-electron chi connectivity index (χ4n) is 1.71. The van der Waals surface area contributed by atoms with Crippen molar-refractivity contribution in [3.05, 3.63) is 0 Å². The molecule has 2 aliphatic rings. The Balaban J connectivity index is 2.08. The summed E-state index contributed by atoms with van der Waals surface area (Å²) in [5.74, 6) is 0. The minimum Gasteiger partial charge on any atom is -0.370 e. The summed E-state index contributed by atoms with van der Waals surface area (Å²) < 4.78 is 5.55. The Hall–Kier alpha value is -0.370. The monoisotopic (exact) mass is 139 g/mol. The van der Waals surface area contributed by atoms with E-state index in [1.807, 2.05) is 0 Å². The van der Waals surface area contributed by atoms with Crippen LogP contribution in [0.15, 0.2) is 4.99 Å². The first kappa shape index (κ1) is 6.35. The van der Waals surface area contributed by atoms with Gasteiger partial charge in [-0.1, -0.05) is 6.42 Å². The van der Waals surface area contributed by atoms with Crippen molar-refractivity contribution in [3.8, 4) is 0 Å². The highest BCUT2D eigenvalue weighted by Gasteiger charge is 2.22. The molecule has 1 unspecified atom stereocenters. The first-order valence-electron chi connectivity index (χ1n) is 4.11. The van der Waals surface area contributed by atoms with Gasteiger partial charge in [0.2, 0.25) is 0 Å². The van der Waals surface area contributed by atoms with Crippen molar-refractivity contribution < 1.29 is 4.74 Å². The van der Waals surface area contributed by atoms with Crippen LogP contribution in [0.2, 0.25) is 0 Å². The predicted molar refractivity (Wildman–Crippen MR) is 40.5 cm³/mol. The molecule has 0 aromatic rings. The number of hydrogen-bond donors (Lipinski definition) is 0. The van der Waals surface area contributed by atoms with Gasteiger partial charge in [-0.05, 0) is 19.3 Å². The minimum atomic E-state index is 0.405. The first-order chi connectivity index (χ1) is 4.97. The second kappa shape index (κ2) is 2.70. The number of rotatable bonds is 0. The van der Waals surface area contributed by atoms with E-state index in [0.29, 0.717) is 6.10 Å². The van der Waals surface area contributed by atoms with E-state index in [9.17, 15) is 0 Å². The van der Waals surface area contributed by atoms with Gasteiger partial charge in [-0.2, -0.15) is 0 Å². The molecule has 1 fully saturated rings. The van der Waals surface area contributed by atoms with Crippen LogP contribution in [-0.4, -0.2) is 25.0 Å². The van der Waals surface area contributed by atoms with Crippen molar-refractivity contribution in [1.82, 2.24) is 0 Å². The summed E-state index contributed by atoms with van der Waals surface area (Å²) in [5, 5.41) is 0. The summed E-state index contributed by atoms with van der Waals surface area (Å²) in [6, 6.07) is 0. The first-order valence-corrected chi connectivity index (χ1v) is 4.11. The lowest BCUT2D eigenvalue weighted by Crippen LogP contribution is -2.32. The van der Waals surface area contributed by atoms with Gasteiger partial charge in [0.25, 0.3) is 0 Å². The summed E-state index contributed by atoms with van der Waals surface area (Å²) in [7, 11) is 0. The third kappa shape index (κ3) is 1.08. The summed E-state index contributed by atoms with van der Waals surface area (Å²) in [6.07, 6.45) is 5.44. The Kier molecular flexibility index (Phi) is 1.72. The second-order valence-electron chi connectivity index (χ2n) is 2.98. The van der Waals surface area contributed by atoms with Crippen molar-refractivity contribution in [2.75, 3.05) is 13.2 Å². The molecule has 56 valence electrons. The summed E-state index contributed by atoms with van der Waals surface area (Å²) >= 11 is 0. The summed E-state index contributed by atoms with van der Waals surface area (Å²) in [5.41, 5.74) is 1.33. The highest BCUT2D eigenvalue weighted by Crippen LogP contribution is 2.20. The van der Waals surface area contributed by atoms with Crippen LogP contribution in [0, 0.1) is 0 Å². The Morgan fingerprint density at radius 2 is 2.40 bits per heavy atom. The molecule has 1 aliphatic heterocycles. The smallest absolute Gasteiger partial charge is 0.0952 e. The topological polar surface area (TPSA) is 21.6 Å². The van der Waals surface area contributed by atoms with Crippen molar-refractivity contribution in [1.29, 1.82) is 0 Å². The fraction of sp³-hybridized carbons (Fsp3) is 0.875. The van der Waals surface area contributed by atoms with Crippen LogP contribution in [0.3, 0.4) is 0 Å². The normalized spacial score (nSPS) is 32.8. The molecule has 1 aliphatic carbocycles. The Bertz CT molecular complexity index is 153. The molecule has 0 saturated heterocycles. The molecule has 2 nitrogen and oxygen atoms in total. The molecule has 0 N–H and O–H groups in total. The molecule has 0 amide bonds. The van der Waals surface area contributed by atoms with Gasteiger partial charge in [0, 0.05) is 5.71 Å². The lowest BCUT2D eigenvalue weighted by atomic mass is 9.95. The quantitative estimate of drug-likeness (QED) is 0.497. The maximum Gasteiger partial charge on any atom is 0.0952 e. The third-order valence-electron chi connectivity index (χ3n) is 2.25. The predicted octanol–water partition coefficient (Wildman–Crippen LogP) is 1.40. The van der Waals surface area contributed by atoms with E-state index in [2.05, 4.69) is 4.99 Å². The van der Waals surface area contributed by atoms with Crippen LogP contribution in [0.5, 0.6) is 0 Å². The molecule has 0 bridgehead atoms. The maximum absolute atomic E-state index is 5.55. The van der Waals surface area contributed by atoms with Gasteiger partial charge in [-0.25, -0.2) is 0 Å². The second-order valence-corrected chi connectivity index (χ2v) is 2.98. The van der Waals surface area contributed by atoms with Crippen LogP contribution in [0.4, 0.5) is 0 Å². The molecule has 2 rings (SSSR count). The largest absolute Gasteiger partial charge is 0.370 e. The molecule has 1 atom stereocenters. The van der Waals surface area contributed by atoms with Gasteiger partial charge in [-0.3, -0.25) is 4.99 Å². The Morgan fingerprint density at radius 1 is 1.40 bits per heavy atom. The number of nitrogens with zero attached hydrogens (tertiary/aromatic N) is 1. The van der Waals surface area contributed by atoms with Crippen LogP contribution < -0.4 is 0 Å². The van der Waals surface area contributed by atoms with Crippen LogP contribution in [0.1, 0.15) is 25.7 Å². The number of ether oxygens (including phenoxy) is 1. The van der Waals surface area contributed by atoms with E-state index in [4.69, 9.17) is 4.74 Å². The zero-order valence-corrected chi connectivity index (χ0v) is 6.18. The van der Waals surface area contributed by atoms with Crippen LogP contribution in [0.25, 0.3) is 0 Å². The molecule has 1 heterocycles. The van der Waals surface area contributed by atoms with Crippen molar-refractivity contribution >= 4 is 5.71 Å². The zero-order valence-electron chi connectivity index (χ0n) is 6.18. The molecule has 0 aromatic heterocycles. The fourth-order valence-corrected chi connectivity index (χ4v) is 1.71. The van der Waals surface area contributed by atoms with E-state index < -0.39 is 0 Å². The van der Waals surface area contributed by atoms with E-state index >= 15 is 0 Å². The highest BCUT2D eigenvalue weighted by molar-refractivity contribution is 5.89. The van der Waals surface area contributed by atoms with Crippen molar-refractivity contribution in [2.24, 2.45) is 4.99 Å². The van der Waals surface area contributed by atoms with Gasteiger partial charge in [0.15, 0.2) is 0 Å². The molecule has 1 saturated carbocycles. The van der Waals surface area contributed by atoms with Gasteiger partial charge in [0.1, 0.15) is 0 Å². The number of fused-ring (bicyclic) bond motifs is 1. The van der Waals surface area contributed by atoms with E-state index in [0.717, 1.165) is 13.2 Å². The minimum absolute atomic E-state index is 0.405. The third-order valence-corrected chi connectivity index (χ3v) is 2.25. The number of hydrogen-bond acceptors (Lipinski definition) is 2. The van der Waals surface area contributed by atoms with E-state index in [1.165, 1.54) is 31.4 Å². The summed E-state index contributed by atoms with van der Waals surface area (Å²) in [4.78, 5) is 4.44. The van der Waals surface area contributed by atoms with E-state index in [-0.39, 0.29) is 0 Å². The van der Waals surface area contributed by atoms with Gasteiger partial charge in [0.05, 0.1) is 19.3 Å². The van der Waals surface area contributed by atoms with Gasteiger partial charge in [-0.15, -0.1) is 0 Å². The lowest BCUT2D eigenvalue weighted by Gasteiger charge is -2.27. The molecule has 10 heavy (non-hydrogen) atoms. The molecular formula is C8H13NO. The van der Waals surface area contributed by atoms with E-state index in [1.54, 1.807) is 0 Å². The highest BCUT2D eigenvalue weighted by atomic mass is 16.5. The maximum atomic E-state index is 5.55. The van der Waals surface area contributed by atoms with Gasteiger partial charge >= 0.3 is 0 Å². The Labute approximate surface area is 61.3 Å². The standard InChI is InChI=1S/C8H13NO/c1-2-4-8-7(3-1)9-5-6-10-8/h8H,1-6H2. The van der Waals surface area contributed by atoms with Crippen molar-refractivity contribution in [3.63, 3.8) is 0 Å². The molecule has 0 radical (unpaired) electrons. The van der Waals surface area contributed by atoms with Gasteiger partial charge < -0.3 is 4.74 Å². The van der Waals surface area contributed by atoms with Crippen LogP contribution in [-0.2, 0) is 4.74 Å². The number of aliphatic imine (C=N–C) groups is 1. The Morgan fingerprint density at radius 3 is 3.30 bits per heavy atom. The van der Waals surface area contributed by atoms with Crippen LogP contribution >= 0.6 is 0 Å². The average Bonchev–Trinajstić information content (AvgIpc) is 2.05. The molecular weight excluding hydrogens is 126 g/mol. The molecule has 0 spiro atoms.